The molecule has 3 heterocycles. The summed E-state index contributed by atoms with van der Waals surface area (Å²) < 4.78 is 4.70. The van der Waals surface area contributed by atoms with E-state index in [9.17, 15) is 0 Å². The van der Waals surface area contributed by atoms with Crippen LogP contribution in [0.15, 0.2) is 66.7 Å². The van der Waals surface area contributed by atoms with Crippen molar-refractivity contribution in [2.45, 2.75) is 0 Å². The van der Waals surface area contributed by atoms with E-state index < -0.39 is 0 Å². The molecule has 6 rings (SSSR count). The zero-order chi connectivity index (χ0) is 15.1. The van der Waals surface area contributed by atoms with Crippen LogP contribution in [0.1, 0.15) is 0 Å². The van der Waals surface area contributed by atoms with Gasteiger partial charge in [0.1, 0.15) is 5.65 Å². The second-order valence-electron chi connectivity index (χ2n) is 6.04. The molecule has 3 aromatic heterocycles. The molecular formula is C20H11ClN2. The first kappa shape index (κ1) is 11.8. The monoisotopic (exact) mass is 314 g/mol. The van der Waals surface area contributed by atoms with Crippen LogP contribution in [0.3, 0.4) is 0 Å². The van der Waals surface area contributed by atoms with Crippen molar-refractivity contribution in [3.63, 3.8) is 0 Å². The van der Waals surface area contributed by atoms with Crippen LogP contribution in [0.5, 0.6) is 0 Å². The molecule has 0 saturated carbocycles. The van der Waals surface area contributed by atoms with Crippen molar-refractivity contribution >= 4 is 55.5 Å². The number of nitrogens with zero attached hydrogens (tertiary/aromatic N) is 2. The lowest BCUT2D eigenvalue weighted by atomic mass is 10.1. The van der Waals surface area contributed by atoms with Gasteiger partial charge in [0.15, 0.2) is 0 Å². The Morgan fingerprint density at radius 2 is 1.22 bits per heavy atom. The highest BCUT2D eigenvalue weighted by Crippen LogP contribution is 2.41. The van der Waals surface area contributed by atoms with Gasteiger partial charge in [0.05, 0.1) is 22.1 Å². The van der Waals surface area contributed by atoms with E-state index in [4.69, 9.17) is 11.6 Å². The van der Waals surface area contributed by atoms with Crippen molar-refractivity contribution in [3.8, 4) is 0 Å². The predicted molar refractivity (Wildman–Crippen MR) is 97.1 cm³/mol. The van der Waals surface area contributed by atoms with Crippen molar-refractivity contribution < 1.29 is 0 Å². The third-order valence-electron chi connectivity index (χ3n) is 4.90. The fourth-order valence-corrected chi connectivity index (χ4v) is 4.22. The quantitative estimate of drug-likeness (QED) is 0.338. The summed E-state index contributed by atoms with van der Waals surface area (Å²) in [7, 11) is 0. The van der Waals surface area contributed by atoms with Gasteiger partial charge in [0.25, 0.3) is 0 Å². The summed E-state index contributed by atoms with van der Waals surface area (Å²) in [5, 5.41) is 4.69. The van der Waals surface area contributed by atoms with Gasteiger partial charge in [-0.25, -0.2) is 0 Å². The fourth-order valence-electron chi connectivity index (χ4n) is 4.05. The molecule has 108 valence electrons. The van der Waals surface area contributed by atoms with E-state index >= 15 is 0 Å². The Bertz CT molecular complexity index is 1360. The molecule has 0 bridgehead atoms. The molecule has 0 aliphatic heterocycles. The summed E-state index contributed by atoms with van der Waals surface area (Å²) in [6.07, 6.45) is 0. The van der Waals surface area contributed by atoms with Gasteiger partial charge in [-0.2, -0.15) is 0 Å². The van der Waals surface area contributed by atoms with Gasteiger partial charge >= 0.3 is 0 Å². The zero-order valence-corrected chi connectivity index (χ0v) is 12.9. The van der Waals surface area contributed by atoms with Crippen LogP contribution in [0, 0.1) is 0 Å². The molecule has 0 amide bonds. The molecular weight excluding hydrogens is 304 g/mol. The first-order chi connectivity index (χ1) is 11.3. The summed E-state index contributed by atoms with van der Waals surface area (Å²) in [5.41, 5.74) is 6.08. The van der Waals surface area contributed by atoms with E-state index in [-0.39, 0.29) is 0 Å². The van der Waals surface area contributed by atoms with Crippen LogP contribution in [0.4, 0.5) is 0 Å². The average molecular weight is 315 g/mol. The first-order valence-corrected chi connectivity index (χ1v) is 8.05. The molecule has 0 saturated heterocycles. The molecule has 0 radical (unpaired) electrons. The number of fused-ring (bicyclic) bond motifs is 9. The van der Waals surface area contributed by atoms with Crippen LogP contribution >= 0.6 is 11.6 Å². The Kier molecular flexibility index (Phi) is 1.94. The Labute approximate surface area is 136 Å². The molecule has 0 aliphatic rings. The topological polar surface area (TPSA) is 8.82 Å². The van der Waals surface area contributed by atoms with Crippen molar-refractivity contribution in [2.75, 3.05) is 0 Å². The van der Waals surface area contributed by atoms with Gasteiger partial charge in [0.2, 0.25) is 0 Å². The summed E-state index contributed by atoms with van der Waals surface area (Å²) >= 11 is 6.28. The van der Waals surface area contributed by atoms with Crippen LogP contribution in [0.25, 0.3) is 43.9 Å². The Balaban J connectivity index is 2.14. The largest absolute Gasteiger partial charge is 0.293 e. The van der Waals surface area contributed by atoms with E-state index in [0.717, 1.165) is 10.5 Å². The van der Waals surface area contributed by atoms with Gasteiger partial charge in [-0.3, -0.25) is 8.80 Å². The summed E-state index contributed by atoms with van der Waals surface area (Å²) in [4.78, 5) is 0. The third kappa shape index (κ3) is 1.24. The van der Waals surface area contributed by atoms with Crippen molar-refractivity contribution in [1.29, 1.82) is 0 Å². The van der Waals surface area contributed by atoms with E-state index in [1.165, 1.54) is 38.4 Å². The number of hydrogen-bond donors (Lipinski definition) is 0. The van der Waals surface area contributed by atoms with Crippen LogP contribution in [-0.2, 0) is 0 Å². The number of halogens is 1. The minimum Gasteiger partial charge on any atom is -0.293 e. The van der Waals surface area contributed by atoms with Gasteiger partial charge in [0, 0.05) is 21.2 Å². The fraction of sp³-hybridized carbons (Fsp3) is 0. The normalized spacial score (nSPS) is 12.6. The highest BCUT2D eigenvalue weighted by atomic mass is 35.5. The lowest BCUT2D eigenvalue weighted by Crippen LogP contribution is -1.79. The molecule has 0 atom stereocenters. The number of aromatic nitrogens is 2. The molecule has 0 aliphatic carbocycles. The van der Waals surface area contributed by atoms with Crippen LogP contribution < -0.4 is 0 Å². The number of rotatable bonds is 0. The predicted octanol–water partition coefficient (Wildman–Crippen LogP) is 5.74. The smallest absolute Gasteiger partial charge is 0.131 e. The van der Waals surface area contributed by atoms with E-state index in [1.54, 1.807) is 0 Å². The maximum absolute atomic E-state index is 6.28. The Morgan fingerprint density at radius 1 is 0.609 bits per heavy atom. The van der Waals surface area contributed by atoms with Crippen LogP contribution in [-0.4, -0.2) is 8.80 Å². The zero-order valence-electron chi connectivity index (χ0n) is 12.1. The number of para-hydroxylation sites is 2. The van der Waals surface area contributed by atoms with Gasteiger partial charge < -0.3 is 0 Å². The van der Waals surface area contributed by atoms with Gasteiger partial charge in [-0.1, -0.05) is 48.0 Å². The Hall–Kier alpha value is -2.71. The molecule has 0 spiro atoms. The maximum atomic E-state index is 6.28. The number of hydrogen-bond acceptors (Lipinski definition) is 0. The average Bonchev–Trinajstić information content (AvgIpc) is 3.18. The molecule has 0 N–H and O–H groups in total. The number of imidazole rings is 1. The Morgan fingerprint density at radius 3 is 1.91 bits per heavy atom. The molecule has 0 unspecified atom stereocenters. The summed E-state index contributed by atoms with van der Waals surface area (Å²) in [6.45, 7) is 0. The van der Waals surface area contributed by atoms with E-state index in [0.29, 0.717) is 0 Å². The minimum absolute atomic E-state index is 0.768. The summed E-state index contributed by atoms with van der Waals surface area (Å²) in [5.74, 6) is 0. The van der Waals surface area contributed by atoms with Crippen molar-refractivity contribution in [2.24, 2.45) is 0 Å². The molecule has 6 aromatic rings. The highest BCUT2D eigenvalue weighted by molar-refractivity contribution is 6.31. The summed E-state index contributed by atoms with van der Waals surface area (Å²) in [6, 6.07) is 23.4. The van der Waals surface area contributed by atoms with Crippen molar-refractivity contribution in [1.82, 2.24) is 8.80 Å². The molecule has 23 heavy (non-hydrogen) atoms. The van der Waals surface area contributed by atoms with Gasteiger partial charge in [-0.05, 0) is 30.3 Å². The SMILES string of the molecule is Clc1ccc2c(c1)n1c3ccccc3c3c4ccccc4n2c31. The first-order valence-electron chi connectivity index (χ1n) is 7.67. The number of benzene rings is 3. The highest BCUT2D eigenvalue weighted by Gasteiger charge is 2.21. The molecule has 0 fully saturated rings. The molecule has 3 heteroatoms. The van der Waals surface area contributed by atoms with Crippen molar-refractivity contribution in [3.05, 3.63) is 71.8 Å². The third-order valence-corrected chi connectivity index (χ3v) is 5.13. The maximum Gasteiger partial charge on any atom is 0.131 e. The lowest BCUT2D eigenvalue weighted by Gasteiger charge is -1.96. The van der Waals surface area contributed by atoms with E-state index in [1.807, 2.05) is 6.07 Å². The van der Waals surface area contributed by atoms with Gasteiger partial charge in [-0.15, -0.1) is 0 Å². The van der Waals surface area contributed by atoms with E-state index in [2.05, 4.69) is 69.5 Å². The lowest BCUT2D eigenvalue weighted by molar-refractivity contribution is 1.28. The van der Waals surface area contributed by atoms with Crippen LogP contribution in [0.2, 0.25) is 5.02 Å². The standard InChI is InChI=1S/C20H11ClN2/c21-12-9-10-17-18(11-12)23-16-8-4-2-6-14(16)19-13-5-1-3-7-15(13)22(17)20(19)23/h1-11H. The second-order valence-corrected chi connectivity index (χ2v) is 6.47. The molecule has 3 aromatic carbocycles. The minimum atomic E-state index is 0.768. The molecule has 2 nitrogen and oxygen atoms in total. The second kappa shape index (κ2) is 3.79.